The van der Waals surface area contributed by atoms with Crippen molar-refractivity contribution in [1.29, 1.82) is 0 Å². The maximum Gasteiger partial charge on any atom is 0.224 e. The Hall–Kier alpha value is -0.610. The third kappa shape index (κ3) is 3.42. The van der Waals surface area contributed by atoms with Gasteiger partial charge in [0.25, 0.3) is 0 Å². The number of fused-ring (bicyclic) bond motifs is 1. The summed E-state index contributed by atoms with van der Waals surface area (Å²) in [6.45, 7) is 6.56. The van der Waals surface area contributed by atoms with Crippen LogP contribution in [-0.4, -0.2) is 61.0 Å². The number of hydrogen-bond donors (Lipinski definition) is 1. The van der Waals surface area contributed by atoms with E-state index >= 15 is 0 Å². The molecule has 3 rings (SSSR count). The first-order chi connectivity index (χ1) is 10.1. The maximum absolute atomic E-state index is 12.6. The van der Waals surface area contributed by atoms with Gasteiger partial charge in [-0.1, -0.05) is 6.92 Å². The highest BCUT2D eigenvalue weighted by molar-refractivity contribution is 5.77. The predicted molar refractivity (Wildman–Crippen MR) is 85.1 cm³/mol. The number of piperidine rings is 3. The zero-order chi connectivity index (χ0) is 14.8. The van der Waals surface area contributed by atoms with Crippen LogP contribution in [0.4, 0.5) is 0 Å². The molecule has 0 spiro atoms. The van der Waals surface area contributed by atoms with Gasteiger partial charge in [-0.15, -0.1) is 0 Å². The number of carbonyl (C=O) groups excluding carboxylic acids is 1. The van der Waals surface area contributed by atoms with Crippen LogP contribution in [-0.2, 0) is 4.79 Å². The lowest BCUT2D eigenvalue weighted by atomic mass is 9.83. The predicted octanol–water partition coefficient (Wildman–Crippen LogP) is 1.71. The molecule has 4 nitrogen and oxygen atoms in total. The van der Waals surface area contributed by atoms with E-state index in [4.69, 9.17) is 0 Å². The standard InChI is InChI=1S/C17H31N3O/c1-13-5-3-8-18-15(13)11-17(21)20-10-7-16-14(12-20)6-4-9-19(16)2/h13-16,18H,3-12H2,1-2H3. The molecular weight excluding hydrogens is 262 g/mol. The highest BCUT2D eigenvalue weighted by Crippen LogP contribution is 2.30. The quantitative estimate of drug-likeness (QED) is 0.842. The third-order valence-corrected chi connectivity index (χ3v) is 6.02. The molecule has 3 heterocycles. The van der Waals surface area contributed by atoms with Crippen molar-refractivity contribution in [3.63, 3.8) is 0 Å². The summed E-state index contributed by atoms with van der Waals surface area (Å²) in [5.74, 6) is 1.73. The van der Waals surface area contributed by atoms with Crippen molar-refractivity contribution in [2.75, 3.05) is 33.2 Å². The van der Waals surface area contributed by atoms with Gasteiger partial charge in [0.15, 0.2) is 0 Å². The SMILES string of the molecule is CC1CCCNC1CC(=O)N1CCC2C(CCCN2C)C1. The fraction of sp³-hybridized carbons (Fsp3) is 0.941. The first-order valence-electron chi connectivity index (χ1n) is 8.86. The van der Waals surface area contributed by atoms with Crippen LogP contribution >= 0.6 is 0 Å². The van der Waals surface area contributed by atoms with Gasteiger partial charge >= 0.3 is 0 Å². The van der Waals surface area contributed by atoms with Crippen LogP contribution in [0.15, 0.2) is 0 Å². The fourth-order valence-corrected chi connectivity index (χ4v) is 4.58. The number of hydrogen-bond acceptors (Lipinski definition) is 3. The van der Waals surface area contributed by atoms with Crippen molar-refractivity contribution in [3.05, 3.63) is 0 Å². The summed E-state index contributed by atoms with van der Waals surface area (Å²) < 4.78 is 0. The molecule has 0 aliphatic carbocycles. The first-order valence-corrected chi connectivity index (χ1v) is 8.86. The van der Waals surface area contributed by atoms with Gasteiger partial charge in [-0.3, -0.25) is 4.79 Å². The number of nitrogens with zero attached hydrogens (tertiary/aromatic N) is 2. The second kappa shape index (κ2) is 6.66. The van der Waals surface area contributed by atoms with E-state index in [0.29, 0.717) is 30.2 Å². The van der Waals surface area contributed by atoms with Crippen molar-refractivity contribution in [3.8, 4) is 0 Å². The molecule has 0 bridgehead atoms. The lowest BCUT2D eigenvalue weighted by molar-refractivity contribution is -0.135. The summed E-state index contributed by atoms with van der Waals surface area (Å²) in [5, 5.41) is 3.55. The Morgan fingerprint density at radius 3 is 2.86 bits per heavy atom. The number of nitrogens with one attached hydrogen (secondary N) is 1. The molecule has 0 aromatic heterocycles. The van der Waals surface area contributed by atoms with Crippen molar-refractivity contribution < 1.29 is 4.79 Å². The van der Waals surface area contributed by atoms with Crippen molar-refractivity contribution in [2.24, 2.45) is 11.8 Å². The first kappa shape index (κ1) is 15.3. The molecule has 1 N–H and O–H groups in total. The van der Waals surface area contributed by atoms with Crippen LogP contribution in [0.5, 0.6) is 0 Å². The van der Waals surface area contributed by atoms with Crippen LogP contribution in [0, 0.1) is 11.8 Å². The van der Waals surface area contributed by atoms with Crippen molar-refractivity contribution >= 4 is 5.91 Å². The minimum Gasteiger partial charge on any atom is -0.342 e. The molecule has 0 radical (unpaired) electrons. The zero-order valence-electron chi connectivity index (χ0n) is 13.7. The molecule has 4 atom stereocenters. The second-order valence-electron chi connectivity index (χ2n) is 7.46. The van der Waals surface area contributed by atoms with Crippen LogP contribution in [0.1, 0.15) is 45.4 Å². The third-order valence-electron chi connectivity index (χ3n) is 6.02. The minimum atomic E-state index is 0.382. The lowest BCUT2D eigenvalue weighted by Gasteiger charge is -2.46. The van der Waals surface area contributed by atoms with Gasteiger partial charge in [0.2, 0.25) is 5.91 Å². The van der Waals surface area contributed by atoms with Crippen LogP contribution < -0.4 is 5.32 Å². The number of carbonyl (C=O) groups is 1. The molecule has 3 saturated heterocycles. The highest BCUT2D eigenvalue weighted by Gasteiger charge is 2.36. The van der Waals surface area contributed by atoms with Crippen molar-refractivity contribution in [1.82, 2.24) is 15.1 Å². The average molecular weight is 293 g/mol. The molecule has 4 heteroatoms. The van der Waals surface area contributed by atoms with E-state index in [0.717, 1.165) is 25.7 Å². The molecular formula is C17H31N3O. The van der Waals surface area contributed by atoms with Crippen molar-refractivity contribution in [2.45, 2.75) is 57.5 Å². The van der Waals surface area contributed by atoms with Crippen LogP contribution in [0.25, 0.3) is 0 Å². The number of amides is 1. The van der Waals surface area contributed by atoms with Crippen LogP contribution in [0.3, 0.4) is 0 Å². The molecule has 4 unspecified atom stereocenters. The lowest BCUT2D eigenvalue weighted by Crippen LogP contribution is -2.54. The topological polar surface area (TPSA) is 35.6 Å². The van der Waals surface area contributed by atoms with Gasteiger partial charge in [-0.05, 0) is 64.1 Å². The molecule has 3 fully saturated rings. The van der Waals surface area contributed by atoms with Gasteiger partial charge in [-0.25, -0.2) is 0 Å². The van der Waals surface area contributed by atoms with Gasteiger partial charge in [0, 0.05) is 31.6 Å². The highest BCUT2D eigenvalue weighted by atomic mass is 16.2. The smallest absolute Gasteiger partial charge is 0.224 e. The van der Waals surface area contributed by atoms with Gasteiger partial charge < -0.3 is 15.1 Å². The summed E-state index contributed by atoms with van der Waals surface area (Å²) in [4.78, 5) is 17.3. The summed E-state index contributed by atoms with van der Waals surface area (Å²) in [6.07, 6.45) is 6.98. The summed E-state index contributed by atoms with van der Waals surface area (Å²) >= 11 is 0. The van der Waals surface area contributed by atoms with E-state index in [9.17, 15) is 4.79 Å². The van der Waals surface area contributed by atoms with E-state index in [1.807, 2.05) is 0 Å². The van der Waals surface area contributed by atoms with E-state index in [1.165, 1.54) is 38.6 Å². The van der Waals surface area contributed by atoms with E-state index in [-0.39, 0.29) is 0 Å². The van der Waals surface area contributed by atoms with Crippen LogP contribution in [0.2, 0.25) is 0 Å². The molecule has 1 amide bonds. The van der Waals surface area contributed by atoms with E-state index < -0.39 is 0 Å². The Morgan fingerprint density at radius 1 is 1.19 bits per heavy atom. The summed E-state index contributed by atoms with van der Waals surface area (Å²) in [5.41, 5.74) is 0. The van der Waals surface area contributed by atoms with E-state index in [1.54, 1.807) is 0 Å². The monoisotopic (exact) mass is 293 g/mol. The molecule has 0 aromatic carbocycles. The summed E-state index contributed by atoms with van der Waals surface area (Å²) in [6, 6.07) is 1.12. The zero-order valence-corrected chi connectivity index (χ0v) is 13.7. The number of rotatable bonds is 2. The van der Waals surface area contributed by atoms with Gasteiger partial charge in [-0.2, -0.15) is 0 Å². The fourth-order valence-electron chi connectivity index (χ4n) is 4.58. The van der Waals surface area contributed by atoms with E-state index in [2.05, 4.69) is 29.1 Å². The van der Waals surface area contributed by atoms with Gasteiger partial charge in [0.05, 0.1) is 0 Å². The summed E-state index contributed by atoms with van der Waals surface area (Å²) in [7, 11) is 2.25. The Bertz CT molecular complexity index is 373. The normalized spacial score (nSPS) is 38.1. The Kier molecular flexibility index (Phi) is 4.85. The molecule has 3 aliphatic rings. The van der Waals surface area contributed by atoms with Gasteiger partial charge in [0.1, 0.15) is 0 Å². The average Bonchev–Trinajstić information content (AvgIpc) is 2.49. The molecule has 3 aliphatic heterocycles. The number of likely N-dealkylation sites (tertiary alicyclic amines) is 2. The Morgan fingerprint density at radius 2 is 2.05 bits per heavy atom. The molecule has 21 heavy (non-hydrogen) atoms. The molecule has 0 aromatic rings. The molecule has 0 saturated carbocycles. The Labute approximate surface area is 129 Å². The second-order valence-corrected chi connectivity index (χ2v) is 7.46. The largest absolute Gasteiger partial charge is 0.342 e. The maximum atomic E-state index is 12.6. The minimum absolute atomic E-state index is 0.382. The molecule has 120 valence electrons. The Balaban J connectivity index is 1.53.